The highest BCUT2D eigenvalue weighted by Gasteiger charge is 2.55. The molecule has 0 aromatic heterocycles. The molecule has 17 heavy (non-hydrogen) atoms. The molecule has 2 saturated carbocycles. The molecule has 2 unspecified atom stereocenters. The highest BCUT2D eigenvalue weighted by Crippen LogP contribution is 2.55. The summed E-state index contributed by atoms with van der Waals surface area (Å²) in [5.74, 6) is 0.623. The summed E-state index contributed by atoms with van der Waals surface area (Å²) in [6.07, 6.45) is 12.1. The van der Waals surface area contributed by atoms with Crippen LogP contribution in [0, 0.1) is 11.3 Å². The van der Waals surface area contributed by atoms with E-state index < -0.39 is 5.60 Å². The first kappa shape index (κ1) is 13.4. The smallest absolute Gasteiger partial charge is 0.0933 e. The van der Waals surface area contributed by atoms with E-state index in [-0.39, 0.29) is 12.0 Å². The molecular formula is C15H28O2. The molecule has 2 N–H and O–H groups in total. The first-order valence-corrected chi connectivity index (χ1v) is 7.46. The Labute approximate surface area is 105 Å². The van der Waals surface area contributed by atoms with Gasteiger partial charge in [0.15, 0.2) is 0 Å². The Morgan fingerprint density at radius 2 is 1.59 bits per heavy atom. The van der Waals surface area contributed by atoms with Crippen molar-refractivity contribution in [3.8, 4) is 0 Å². The first-order valence-electron chi connectivity index (χ1n) is 7.46. The number of rotatable bonds is 1. The van der Waals surface area contributed by atoms with E-state index in [1.807, 2.05) is 0 Å². The number of hydrogen-bond acceptors (Lipinski definition) is 2. The van der Waals surface area contributed by atoms with E-state index in [0.717, 1.165) is 19.3 Å². The molecule has 2 aliphatic carbocycles. The fraction of sp³-hybridized carbons (Fsp3) is 1.00. The zero-order valence-corrected chi connectivity index (χ0v) is 11.2. The summed E-state index contributed by atoms with van der Waals surface area (Å²) in [7, 11) is 0. The van der Waals surface area contributed by atoms with Crippen molar-refractivity contribution in [2.75, 3.05) is 6.61 Å². The van der Waals surface area contributed by atoms with Crippen LogP contribution in [0.5, 0.6) is 0 Å². The maximum absolute atomic E-state index is 10.7. The van der Waals surface area contributed by atoms with Crippen LogP contribution in [0.25, 0.3) is 0 Å². The second-order valence-corrected chi connectivity index (χ2v) is 6.50. The fourth-order valence-corrected chi connectivity index (χ4v) is 4.15. The summed E-state index contributed by atoms with van der Waals surface area (Å²) in [6.45, 7) is 2.17. The molecule has 0 bridgehead atoms. The second kappa shape index (κ2) is 5.27. The van der Waals surface area contributed by atoms with Crippen molar-refractivity contribution in [2.24, 2.45) is 11.3 Å². The van der Waals surface area contributed by atoms with Crippen LogP contribution >= 0.6 is 0 Å². The predicted octanol–water partition coefficient (Wildman–Crippen LogP) is 3.26. The van der Waals surface area contributed by atoms with Crippen molar-refractivity contribution in [3.63, 3.8) is 0 Å². The van der Waals surface area contributed by atoms with E-state index in [0.29, 0.717) is 5.92 Å². The Morgan fingerprint density at radius 3 is 2.29 bits per heavy atom. The molecule has 100 valence electrons. The van der Waals surface area contributed by atoms with E-state index in [2.05, 4.69) is 6.92 Å². The Balaban J connectivity index is 2.13. The van der Waals surface area contributed by atoms with Crippen molar-refractivity contribution in [2.45, 2.75) is 76.7 Å². The third-order valence-electron chi connectivity index (χ3n) is 5.63. The second-order valence-electron chi connectivity index (χ2n) is 6.50. The minimum absolute atomic E-state index is 0.0426. The van der Waals surface area contributed by atoms with Crippen LogP contribution in [0.4, 0.5) is 0 Å². The van der Waals surface area contributed by atoms with Crippen LogP contribution in [0.15, 0.2) is 0 Å². The van der Waals surface area contributed by atoms with Crippen LogP contribution in [0.2, 0.25) is 0 Å². The predicted molar refractivity (Wildman–Crippen MR) is 69.8 cm³/mol. The van der Waals surface area contributed by atoms with Gasteiger partial charge in [-0.1, -0.05) is 45.4 Å². The van der Waals surface area contributed by atoms with Gasteiger partial charge in [0.25, 0.3) is 0 Å². The molecule has 2 rings (SSSR count). The van der Waals surface area contributed by atoms with Crippen molar-refractivity contribution in [3.05, 3.63) is 0 Å². The van der Waals surface area contributed by atoms with Crippen LogP contribution in [0.3, 0.4) is 0 Å². The Morgan fingerprint density at radius 1 is 0.941 bits per heavy atom. The van der Waals surface area contributed by atoms with E-state index in [4.69, 9.17) is 0 Å². The lowest BCUT2D eigenvalue weighted by atomic mass is 9.66. The zero-order chi connectivity index (χ0) is 12.4. The highest BCUT2D eigenvalue weighted by molar-refractivity contribution is 5.05. The molecule has 3 atom stereocenters. The summed E-state index contributed by atoms with van der Waals surface area (Å²) in [6, 6.07) is 0. The number of aliphatic hydroxyl groups excluding tert-OH is 1. The number of fused-ring (bicyclic) bond motifs is 1. The van der Waals surface area contributed by atoms with Gasteiger partial charge in [0.2, 0.25) is 0 Å². The molecule has 0 radical (unpaired) electrons. The summed E-state index contributed by atoms with van der Waals surface area (Å²) in [4.78, 5) is 0. The Kier molecular flexibility index (Phi) is 4.14. The van der Waals surface area contributed by atoms with Crippen molar-refractivity contribution >= 4 is 0 Å². The normalized spacial score (nSPS) is 44.3. The molecule has 0 amide bonds. The maximum Gasteiger partial charge on any atom is 0.0933 e. The molecule has 2 aliphatic rings. The van der Waals surface area contributed by atoms with E-state index in [1.54, 1.807) is 0 Å². The average molecular weight is 240 g/mol. The van der Waals surface area contributed by atoms with Crippen LogP contribution in [-0.4, -0.2) is 22.4 Å². The van der Waals surface area contributed by atoms with Gasteiger partial charge in [0.05, 0.1) is 12.2 Å². The van der Waals surface area contributed by atoms with Crippen LogP contribution < -0.4 is 0 Å². The highest BCUT2D eigenvalue weighted by atomic mass is 16.3. The molecule has 0 spiro atoms. The topological polar surface area (TPSA) is 40.5 Å². The van der Waals surface area contributed by atoms with E-state index >= 15 is 0 Å². The molecular weight excluding hydrogens is 212 g/mol. The largest absolute Gasteiger partial charge is 0.393 e. The molecule has 2 fully saturated rings. The summed E-state index contributed by atoms with van der Waals surface area (Å²) >= 11 is 0. The maximum atomic E-state index is 10.7. The van der Waals surface area contributed by atoms with Gasteiger partial charge >= 0.3 is 0 Å². The van der Waals surface area contributed by atoms with Crippen molar-refractivity contribution in [1.82, 2.24) is 0 Å². The van der Waals surface area contributed by atoms with Gasteiger partial charge in [-0.15, -0.1) is 0 Å². The lowest BCUT2D eigenvalue weighted by molar-refractivity contribution is -0.108. The zero-order valence-electron chi connectivity index (χ0n) is 11.2. The van der Waals surface area contributed by atoms with E-state index in [1.165, 1.54) is 44.9 Å². The summed E-state index contributed by atoms with van der Waals surface area (Å²) in [5, 5.41) is 20.3. The van der Waals surface area contributed by atoms with Gasteiger partial charge in [-0.3, -0.25) is 0 Å². The molecule has 2 nitrogen and oxygen atoms in total. The minimum Gasteiger partial charge on any atom is -0.393 e. The van der Waals surface area contributed by atoms with E-state index in [9.17, 15) is 10.2 Å². The van der Waals surface area contributed by atoms with Gasteiger partial charge in [0, 0.05) is 5.41 Å². The van der Waals surface area contributed by atoms with Gasteiger partial charge in [-0.2, -0.15) is 0 Å². The molecule has 2 heteroatoms. The van der Waals surface area contributed by atoms with Gasteiger partial charge in [-0.25, -0.2) is 0 Å². The average Bonchev–Trinajstić information content (AvgIpc) is 2.59. The Hall–Kier alpha value is -0.0800. The monoisotopic (exact) mass is 240 g/mol. The SMILES string of the molecule is C[C@]12CCCCCCCCC1CCC2(O)CO. The van der Waals surface area contributed by atoms with Crippen LogP contribution in [-0.2, 0) is 0 Å². The molecule has 0 aromatic rings. The first-order chi connectivity index (χ1) is 8.12. The Bertz CT molecular complexity index is 253. The molecule has 0 heterocycles. The van der Waals surface area contributed by atoms with Gasteiger partial charge in [-0.05, 0) is 31.6 Å². The minimum atomic E-state index is -0.809. The summed E-state index contributed by atoms with van der Waals surface area (Å²) in [5.41, 5.74) is -0.851. The molecule has 0 aromatic carbocycles. The molecule has 0 aliphatic heterocycles. The van der Waals surface area contributed by atoms with Crippen molar-refractivity contribution in [1.29, 1.82) is 0 Å². The lowest BCUT2D eigenvalue weighted by Gasteiger charge is -2.43. The number of hydrogen-bond donors (Lipinski definition) is 2. The fourth-order valence-electron chi connectivity index (χ4n) is 4.15. The van der Waals surface area contributed by atoms with Crippen molar-refractivity contribution < 1.29 is 10.2 Å². The van der Waals surface area contributed by atoms with Gasteiger partial charge in [0.1, 0.15) is 0 Å². The van der Waals surface area contributed by atoms with Crippen LogP contribution in [0.1, 0.15) is 71.1 Å². The third-order valence-corrected chi connectivity index (χ3v) is 5.63. The number of aliphatic hydroxyl groups is 2. The summed E-state index contributed by atoms with van der Waals surface area (Å²) < 4.78 is 0. The van der Waals surface area contributed by atoms with Gasteiger partial charge < -0.3 is 10.2 Å². The third kappa shape index (κ3) is 2.39. The quantitative estimate of drug-likeness (QED) is 0.738. The lowest BCUT2D eigenvalue weighted by Crippen LogP contribution is -2.48. The standard InChI is InChI=1S/C15H28O2/c1-14-10-7-5-3-2-4-6-8-13(14)9-11-15(14,17)12-16/h13,16-17H,2-12H2,1H3/t13?,14-,15?/m0/s1. The molecule has 0 saturated heterocycles.